The van der Waals surface area contributed by atoms with E-state index in [1.54, 1.807) is 0 Å². The molecule has 6 nitrogen and oxygen atoms in total. The van der Waals surface area contributed by atoms with Gasteiger partial charge in [0.25, 0.3) is 5.91 Å². The van der Waals surface area contributed by atoms with E-state index in [0.29, 0.717) is 5.56 Å². The Morgan fingerprint density at radius 1 is 1.38 bits per heavy atom. The first-order valence-electron chi connectivity index (χ1n) is 4.64. The zero-order valence-electron chi connectivity index (χ0n) is 8.62. The van der Waals surface area contributed by atoms with E-state index in [9.17, 15) is 14.7 Å². The molecule has 1 amide bonds. The van der Waals surface area contributed by atoms with Crippen molar-refractivity contribution in [2.45, 2.75) is 19.1 Å². The van der Waals surface area contributed by atoms with Crippen LogP contribution in [0.3, 0.4) is 0 Å². The van der Waals surface area contributed by atoms with Crippen LogP contribution in [0.1, 0.15) is 17.3 Å². The van der Waals surface area contributed by atoms with E-state index in [-0.39, 0.29) is 0 Å². The number of nitrogens with zero attached hydrogens (tertiary/aromatic N) is 1. The van der Waals surface area contributed by atoms with E-state index < -0.39 is 24.0 Å². The van der Waals surface area contributed by atoms with Gasteiger partial charge in [0.2, 0.25) is 0 Å². The van der Waals surface area contributed by atoms with Crippen LogP contribution >= 0.6 is 0 Å². The standard InChI is InChI=1S/C10H12N2O4/c1-6(13)8(10(15)16)12-9(14)7-2-4-11-5-3-7/h2-6,8,13H,1H3,(H,12,14)(H,15,16). The van der Waals surface area contributed by atoms with Gasteiger partial charge in [0.05, 0.1) is 6.10 Å². The molecule has 0 fully saturated rings. The third-order valence-electron chi connectivity index (χ3n) is 1.98. The van der Waals surface area contributed by atoms with Gasteiger partial charge in [-0.05, 0) is 19.1 Å². The summed E-state index contributed by atoms with van der Waals surface area (Å²) >= 11 is 0. The Morgan fingerprint density at radius 3 is 2.38 bits per heavy atom. The maximum absolute atomic E-state index is 11.6. The molecule has 0 aliphatic heterocycles. The van der Waals surface area contributed by atoms with Crippen LogP contribution in [0.15, 0.2) is 24.5 Å². The summed E-state index contributed by atoms with van der Waals surface area (Å²) in [5.41, 5.74) is 0.293. The summed E-state index contributed by atoms with van der Waals surface area (Å²) in [5.74, 6) is -1.84. The van der Waals surface area contributed by atoms with E-state index in [1.165, 1.54) is 31.5 Å². The number of aliphatic hydroxyl groups excluding tert-OH is 1. The Kier molecular flexibility index (Phi) is 3.96. The summed E-state index contributed by atoms with van der Waals surface area (Å²) in [6, 6.07) is 1.59. The molecule has 2 unspecified atom stereocenters. The van der Waals surface area contributed by atoms with Crippen molar-refractivity contribution in [3.8, 4) is 0 Å². The Morgan fingerprint density at radius 2 is 1.94 bits per heavy atom. The van der Waals surface area contributed by atoms with Gasteiger partial charge in [-0.2, -0.15) is 0 Å². The van der Waals surface area contributed by atoms with Gasteiger partial charge in [-0.15, -0.1) is 0 Å². The number of aliphatic hydroxyl groups is 1. The van der Waals surface area contributed by atoms with Gasteiger partial charge in [0.1, 0.15) is 0 Å². The number of rotatable bonds is 4. The average Bonchev–Trinajstić information content (AvgIpc) is 2.25. The molecule has 0 aromatic carbocycles. The number of carboxylic acids is 1. The number of nitrogens with one attached hydrogen (secondary N) is 1. The van der Waals surface area contributed by atoms with E-state index in [1.807, 2.05) is 0 Å². The third kappa shape index (κ3) is 3.03. The summed E-state index contributed by atoms with van der Waals surface area (Å²) < 4.78 is 0. The highest BCUT2D eigenvalue weighted by molar-refractivity contribution is 5.96. The van der Waals surface area contributed by atoms with Crippen molar-refractivity contribution in [2.75, 3.05) is 0 Å². The molecular formula is C10H12N2O4. The Balaban J connectivity index is 2.74. The van der Waals surface area contributed by atoms with Gasteiger partial charge in [0, 0.05) is 18.0 Å². The van der Waals surface area contributed by atoms with Gasteiger partial charge in [-0.3, -0.25) is 9.78 Å². The first kappa shape index (κ1) is 12.1. The highest BCUT2D eigenvalue weighted by atomic mass is 16.4. The van der Waals surface area contributed by atoms with Crippen molar-refractivity contribution in [2.24, 2.45) is 0 Å². The van der Waals surface area contributed by atoms with Crippen LogP contribution in [0, 0.1) is 0 Å². The van der Waals surface area contributed by atoms with Crippen LogP contribution in [-0.4, -0.2) is 39.2 Å². The molecule has 1 heterocycles. The lowest BCUT2D eigenvalue weighted by atomic mass is 10.1. The maximum Gasteiger partial charge on any atom is 0.328 e. The van der Waals surface area contributed by atoms with E-state index in [2.05, 4.69) is 10.3 Å². The van der Waals surface area contributed by atoms with E-state index in [0.717, 1.165) is 0 Å². The number of amides is 1. The topological polar surface area (TPSA) is 99.5 Å². The SMILES string of the molecule is CC(O)C(NC(=O)c1ccncc1)C(=O)O. The van der Waals surface area contributed by atoms with Crippen molar-refractivity contribution in [3.63, 3.8) is 0 Å². The van der Waals surface area contributed by atoms with Gasteiger partial charge in [0.15, 0.2) is 6.04 Å². The zero-order valence-corrected chi connectivity index (χ0v) is 8.62. The van der Waals surface area contributed by atoms with Gasteiger partial charge in [-0.25, -0.2) is 4.79 Å². The van der Waals surface area contributed by atoms with Gasteiger partial charge < -0.3 is 15.5 Å². The molecule has 16 heavy (non-hydrogen) atoms. The number of carboxylic acid groups (broad SMARTS) is 1. The third-order valence-corrected chi connectivity index (χ3v) is 1.98. The lowest BCUT2D eigenvalue weighted by Crippen LogP contribution is -2.47. The molecule has 0 saturated carbocycles. The summed E-state index contributed by atoms with van der Waals surface area (Å²) in [4.78, 5) is 26.0. The normalized spacial score (nSPS) is 13.9. The lowest BCUT2D eigenvalue weighted by molar-refractivity contribution is -0.141. The summed E-state index contributed by atoms with van der Waals surface area (Å²) in [6.07, 6.45) is 1.68. The van der Waals surface area contributed by atoms with Gasteiger partial charge >= 0.3 is 5.97 Å². The molecule has 3 N–H and O–H groups in total. The van der Waals surface area contributed by atoms with Crippen LogP contribution in [0.5, 0.6) is 0 Å². The second-order valence-corrected chi connectivity index (χ2v) is 3.27. The highest BCUT2D eigenvalue weighted by Crippen LogP contribution is 1.99. The fraction of sp³-hybridized carbons (Fsp3) is 0.300. The first-order chi connectivity index (χ1) is 7.52. The summed E-state index contributed by atoms with van der Waals surface area (Å²) in [7, 11) is 0. The smallest absolute Gasteiger partial charge is 0.328 e. The Hall–Kier alpha value is -1.95. The molecule has 0 saturated heterocycles. The number of aromatic nitrogens is 1. The van der Waals surface area contributed by atoms with Crippen molar-refractivity contribution < 1.29 is 19.8 Å². The predicted octanol–water partition coefficient (Wildman–Crippen LogP) is -0.355. The molecule has 0 spiro atoms. The summed E-state index contributed by atoms with van der Waals surface area (Å²) in [5, 5.41) is 20.1. The molecule has 0 radical (unpaired) electrons. The van der Waals surface area contributed by atoms with Crippen LogP contribution in [0.25, 0.3) is 0 Å². The van der Waals surface area contributed by atoms with Crippen LogP contribution in [-0.2, 0) is 4.79 Å². The number of carbonyl (C=O) groups excluding carboxylic acids is 1. The fourth-order valence-electron chi connectivity index (χ4n) is 1.12. The van der Waals surface area contributed by atoms with Crippen LogP contribution in [0.4, 0.5) is 0 Å². The van der Waals surface area contributed by atoms with Crippen molar-refractivity contribution in [1.82, 2.24) is 10.3 Å². The van der Waals surface area contributed by atoms with Crippen LogP contribution in [0.2, 0.25) is 0 Å². The zero-order chi connectivity index (χ0) is 12.1. The average molecular weight is 224 g/mol. The highest BCUT2D eigenvalue weighted by Gasteiger charge is 2.25. The number of pyridine rings is 1. The molecule has 1 aromatic rings. The lowest BCUT2D eigenvalue weighted by Gasteiger charge is -2.16. The van der Waals surface area contributed by atoms with Crippen LogP contribution < -0.4 is 5.32 Å². The van der Waals surface area contributed by atoms with Crippen molar-refractivity contribution in [1.29, 1.82) is 0 Å². The minimum atomic E-state index is -1.32. The molecule has 1 aromatic heterocycles. The molecular weight excluding hydrogens is 212 g/mol. The Labute approximate surface area is 91.9 Å². The summed E-state index contributed by atoms with van der Waals surface area (Å²) in [6.45, 7) is 1.30. The molecule has 1 rings (SSSR count). The monoisotopic (exact) mass is 224 g/mol. The Bertz CT molecular complexity index is 378. The van der Waals surface area contributed by atoms with Crippen molar-refractivity contribution >= 4 is 11.9 Å². The van der Waals surface area contributed by atoms with Gasteiger partial charge in [-0.1, -0.05) is 0 Å². The molecule has 2 atom stereocenters. The largest absolute Gasteiger partial charge is 0.480 e. The molecule has 0 aliphatic rings. The first-order valence-corrected chi connectivity index (χ1v) is 4.64. The predicted molar refractivity (Wildman–Crippen MR) is 54.8 cm³/mol. The molecule has 86 valence electrons. The second-order valence-electron chi connectivity index (χ2n) is 3.27. The molecule has 6 heteroatoms. The molecule has 0 aliphatic carbocycles. The second kappa shape index (κ2) is 5.22. The minimum absolute atomic E-state index is 0.293. The quantitative estimate of drug-likeness (QED) is 0.649. The fourth-order valence-corrected chi connectivity index (χ4v) is 1.12. The van der Waals surface area contributed by atoms with E-state index in [4.69, 9.17) is 5.11 Å². The molecule has 0 bridgehead atoms. The number of hydrogen-bond acceptors (Lipinski definition) is 4. The van der Waals surface area contributed by atoms with E-state index >= 15 is 0 Å². The minimum Gasteiger partial charge on any atom is -0.480 e. The van der Waals surface area contributed by atoms with Crippen molar-refractivity contribution in [3.05, 3.63) is 30.1 Å². The maximum atomic E-state index is 11.6. The number of hydrogen-bond donors (Lipinski definition) is 3. The number of aliphatic carboxylic acids is 1. The number of carbonyl (C=O) groups is 2.